The molecule has 0 saturated heterocycles. The van der Waals surface area contributed by atoms with E-state index in [0.717, 1.165) is 11.6 Å². The smallest absolute Gasteiger partial charge is 0.311 e. The number of nitro benzene ring substituents is 1. The maximum Gasteiger partial charge on any atom is 0.311 e. The zero-order valence-corrected chi connectivity index (χ0v) is 19.1. The standard InChI is InChI=1S/C24H19BrN2O6/c1-33-22-10-7-16(11-20(22)27(31)32)21(28)13-24(30)18-12-17(25)8-9-19(18)26(23(24)29)14-15-5-3-2-4-6-15/h2-12,30H,13-14H2,1H3/t24-/m1/s1. The Balaban J connectivity index is 1.70. The van der Waals surface area contributed by atoms with Gasteiger partial charge in [0, 0.05) is 21.7 Å². The summed E-state index contributed by atoms with van der Waals surface area (Å²) in [5.74, 6) is -1.23. The van der Waals surface area contributed by atoms with Crippen LogP contribution < -0.4 is 9.64 Å². The molecule has 0 spiro atoms. The van der Waals surface area contributed by atoms with E-state index < -0.39 is 28.6 Å². The average Bonchev–Trinajstić information content (AvgIpc) is 3.00. The van der Waals surface area contributed by atoms with Gasteiger partial charge >= 0.3 is 5.69 Å². The van der Waals surface area contributed by atoms with Crippen molar-refractivity contribution in [3.05, 3.63) is 98.0 Å². The summed E-state index contributed by atoms with van der Waals surface area (Å²) in [6.45, 7) is 0.221. The van der Waals surface area contributed by atoms with Gasteiger partial charge in [-0.1, -0.05) is 46.3 Å². The molecule has 0 bridgehead atoms. The van der Waals surface area contributed by atoms with Gasteiger partial charge in [-0.05, 0) is 35.9 Å². The molecule has 168 valence electrons. The minimum absolute atomic E-state index is 0.00165. The number of carbonyl (C=O) groups excluding carboxylic acids is 2. The Hall–Kier alpha value is -3.56. The molecule has 1 N–H and O–H groups in total. The number of halogens is 1. The molecule has 9 heteroatoms. The predicted octanol–water partition coefficient (Wildman–Crippen LogP) is 4.37. The summed E-state index contributed by atoms with van der Waals surface area (Å²) < 4.78 is 5.61. The van der Waals surface area contributed by atoms with Crippen LogP contribution in [-0.2, 0) is 16.9 Å². The van der Waals surface area contributed by atoms with Gasteiger partial charge in [0.05, 0.1) is 30.7 Å². The monoisotopic (exact) mass is 510 g/mol. The van der Waals surface area contributed by atoms with Crippen LogP contribution in [0.4, 0.5) is 11.4 Å². The Labute approximate surface area is 197 Å². The van der Waals surface area contributed by atoms with E-state index in [1.54, 1.807) is 18.2 Å². The molecule has 3 aromatic rings. The lowest BCUT2D eigenvalue weighted by molar-refractivity contribution is -0.385. The lowest BCUT2D eigenvalue weighted by atomic mass is 9.88. The van der Waals surface area contributed by atoms with Crippen LogP contribution >= 0.6 is 15.9 Å². The minimum Gasteiger partial charge on any atom is -0.490 e. The number of nitro groups is 1. The van der Waals surface area contributed by atoms with E-state index in [0.29, 0.717) is 15.7 Å². The number of hydrogen-bond acceptors (Lipinski definition) is 6. The zero-order valence-electron chi connectivity index (χ0n) is 17.5. The summed E-state index contributed by atoms with van der Waals surface area (Å²) in [5, 5.41) is 22.8. The Bertz CT molecular complexity index is 1260. The van der Waals surface area contributed by atoms with Crippen LogP contribution in [0.2, 0.25) is 0 Å². The van der Waals surface area contributed by atoms with Crippen molar-refractivity contribution in [3.63, 3.8) is 0 Å². The summed E-state index contributed by atoms with van der Waals surface area (Å²) >= 11 is 3.36. The highest BCUT2D eigenvalue weighted by Crippen LogP contribution is 2.45. The molecule has 4 rings (SSSR count). The summed E-state index contributed by atoms with van der Waals surface area (Å²) in [6.07, 6.45) is -0.565. The number of hydrogen-bond donors (Lipinski definition) is 1. The predicted molar refractivity (Wildman–Crippen MR) is 124 cm³/mol. The summed E-state index contributed by atoms with van der Waals surface area (Å²) in [7, 11) is 1.29. The van der Waals surface area contributed by atoms with Gasteiger partial charge in [-0.15, -0.1) is 0 Å². The first kappa shape index (κ1) is 22.6. The van der Waals surface area contributed by atoms with Gasteiger partial charge in [0.15, 0.2) is 17.1 Å². The lowest BCUT2D eigenvalue weighted by Crippen LogP contribution is -2.41. The molecule has 0 unspecified atom stereocenters. The normalized spacial score (nSPS) is 17.1. The van der Waals surface area contributed by atoms with Crippen molar-refractivity contribution < 1.29 is 24.4 Å². The summed E-state index contributed by atoms with van der Waals surface area (Å²) in [6, 6.07) is 18.2. The van der Waals surface area contributed by atoms with Gasteiger partial charge in [0.2, 0.25) is 0 Å². The number of methoxy groups -OCH3 is 1. The Morgan fingerprint density at radius 1 is 1.15 bits per heavy atom. The number of ether oxygens (including phenoxy) is 1. The zero-order chi connectivity index (χ0) is 23.8. The minimum atomic E-state index is -2.11. The van der Waals surface area contributed by atoms with Crippen LogP contribution in [0.3, 0.4) is 0 Å². The van der Waals surface area contributed by atoms with Crippen molar-refractivity contribution in [3.8, 4) is 5.75 Å². The number of fused-ring (bicyclic) bond motifs is 1. The maximum atomic E-state index is 13.4. The number of Topliss-reactive ketones (excluding diaryl/α,β-unsaturated/α-hetero) is 1. The third-order valence-electron chi connectivity index (χ3n) is 5.59. The topological polar surface area (TPSA) is 110 Å². The van der Waals surface area contributed by atoms with Crippen molar-refractivity contribution in [2.24, 2.45) is 0 Å². The number of anilines is 1. The van der Waals surface area contributed by atoms with Crippen LogP contribution in [0.1, 0.15) is 27.9 Å². The molecule has 3 aromatic carbocycles. The van der Waals surface area contributed by atoms with E-state index in [-0.39, 0.29) is 23.5 Å². The molecule has 1 aliphatic heterocycles. The van der Waals surface area contributed by atoms with Crippen LogP contribution in [0.15, 0.2) is 71.2 Å². The van der Waals surface area contributed by atoms with E-state index in [2.05, 4.69) is 15.9 Å². The van der Waals surface area contributed by atoms with Crippen LogP contribution in [0.25, 0.3) is 0 Å². The number of rotatable bonds is 7. The number of ketones is 1. The first-order chi connectivity index (χ1) is 15.7. The maximum absolute atomic E-state index is 13.4. The summed E-state index contributed by atoms with van der Waals surface area (Å²) in [5.41, 5.74) is -0.818. The second kappa shape index (κ2) is 8.76. The SMILES string of the molecule is COc1ccc(C(=O)C[C@]2(O)C(=O)N(Cc3ccccc3)c3ccc(Br)cc32)cc1[N+](=O)[O-]. The highest BCUT2D eigenvalue weighted by atomic mass is 79.9. The van der Waals surface area contributed by atoms with Gasteiger partial charge in [-0.3, -0.25) is 19.7 Å². The number of nitrogens with zero attached hydrogens (tertiary/aromatic N) is 2. The van der Waals surface area contributed by atoms with Gasteiger partial charge < -0.3 is 14.7 Å². The Kier molecular flexibility index (Phi) is 6.01. The molecule has 0 aromatic heterocycles. The second-order valence-corrected chi connectivity index (χ2v) is 8.56. The highest BCUT2D eigenvalue weighted by Gasteiger charge is 2.51. The van der Waals surface area contributed by atoms with E-state index in [1.165, 1.54) is 24.1 Å². The van der Waals surface area contributed by atoms with Crippen molar-refractivity contribution in [2.75, 3.05) is 12.0 Å². The quantitative estimate of drug-likeness (QED) is 0.287. The number of aliphatic hydroxyl groups is 1. The molecule has 33 heavy (non-hydrogen) atoms. The fourth-order valence-electron chi connectivity index (χ4n) is 3.96. The van der Waals surface area contributed by atoms with Gasteiger partial charge in [0.25, 0.3) is 5.91 Å². The fraction of sp³-hybridized carbons (Fsp3) is 0.167. The van der Waals surface area contributed by atoms with Crippen LogP contribution in [0, 0.1) is 10.1 Å². The van der Waals surface area contributed by atoms with Crippen molar-refractivity contribution in [2.45, 2.75) is 18.6 Å². The molecule has 1 aliphatic rings. The molecule has 1 heterocycles. The molecule has 1 amide bonds. The molecule has 8 nitrogen and oxygen atoms in total. The van der Waals surface area contributed by atoms with E-state index in [1.807, 2.05) is 30.3 Å². The van der Waals surface area contributed by atoms with Crippen LogP contribution in [-0.4, -0.2) is 28.8 Å². The number of benzene rings is 3. The Morgan fingerprint density at radius 3 is 2.55 bits per heavy atom. The number of carbonyl (C=O) groups is 2. The second-order valence-electron chi connectivity index (χ2n) is 7.64. The first-order valence-electron chi connectivity index (χ1n) is 9.98. The van der Waals surface area contributed by atoms with Crippen LogP contribution in [0.5, 0.6) is 5.75 Å². The molecule has 0 fully saturated rings. The fourth-order valence-corrected chi connectivity index (χ4v) is 4.32. The molecular formula is C24H19BrN2O6. The summed E-state index contributed by atoms with van der Waals surface area (Å²) in [4.78, 5) is 38.6. The molecule has 0 aliphatic carbocycles. The van der Waals surface area contributed by atoms with Crippen molar-refractivity contribution in [1.82, 2.24) is 0 Å². The van der Waals surface area contributed by atoms with Gasteiger partial charge in [0.1, 0.15) is 0 Å². The largest absolute Gasteiger partial charge is 0.490 e. The third-order valence-corrected chi connectivity index (χ3v) is 6.08. The van der Waals surface area contributed by atoms with Gasteiger partial charge in [-0.2, -0.15) is 0 Å². The molecule has 0 saturated carbocycles. The van der Waals surface area contributed by atoms with Gasteiger partial charge in [-0.25, -0.2) is 0 Å². The van der Waals surface area contributed by atoms with E-state index >= 15 is 0 Å². The van der Waals surface area contributed by atoms with Crippen molar-refractivity contribution >= 4 is 39.0 Å². The van der Waals surface area contributed by atoms with E-state index in [9.17, 15) is 24.8 Å². The highest BCUT2D eigenvalue weighted by molar-refractivity contribution is 9.10. The first-order valence-corrected chi connectivity index (χ1v) is 10.8. The van der Waals surface area contributed by atoms with Crippen molar-refractivity contribution in [1.29, 1.82) is 0 Å². The molecular weight excluding hydrogens is 492 g/mol. The molecule has 0 radical (unpaired) electrons. The molecule has 1 atom stereocenters. The lowest BCUT2D eigenvalue weighted by Gasteiger charge is -2.23. The number of amides is 1. The Morgan fingerprint density at radius 2 is 1.88 bits per heavy atom. The average molecular weight is 511 g/mol. The third kappa shape index (κ3) is 4.12. The van der Waals surface area contributed by atoms with E-state index in [4.69, 9.17) is 4.74 Å².